The Morgan fingerprint density at radius 1 is 1.29 bits per heavy atom. The number of halogens is 1. The minimum atomic E-state index is -0.304. The topological polar surface area (TPSA) is 60.1 Å². The summed E-state index contributed by atoms with van der Waals surface area (Å²) in [6, 6.07) is 10.9. The van der Waals surface area contributed by atoms with Gasteiger partial charge in [0.1, 0.15) is 0 Å². The van der Waals surface area contributed by atoms with E-state index < -0.39 is 0 Å². The van der Waals surface area contributed by atoms with Gasteiger partial charge in [0.2, 0.25) is 5.22 Å². The Morgan fingerprint density at radius 3 is 2.86 bits per heavy atom. The normalized spacial score (nSPS) is 10.5. The molecule has 0 aliphatic heterocycles. The van der Waals surface area contributed by atoms with Crippen molar-refractivity contribution in [1.29, 1.82) is 0 Å². The van der Waals surface area contributed by atoms with Crippen molar-refractivity contribution < 1.29 is 9.21 Å². The SMILES string of the molecule is O=C(Nc1ccccc1Cn1cccn1)c1ccoc1Cl. The number of para-hydroxylation sites is 1. The average Bonchev–Trinajstić information content (AvgIpc) is 3.12. The molecule has 6 heteroatoms. The zero-order valence-corrected chi connectivity index (χ0v) is 11.7. The molecule has 0 bridgehead atoms. The second kappa shape index (κ2) is 5.85. The van der Waals surface area contributed by atoms with Crippen LogP contribution in [0.2, 0.25) is 5.22 Å². The summed E-state index contributed by atoms with van der Waals surface area (Å²) in [5, 5.41) is 7.09. The van der Waals surface area contributed by atoms with Crippen molar-refractivity contribution in [3.8, 4) is 0 Å². The fourth-order valence-corrected chi connectivity index (χ4v) is 2.19. The van der Waals surface area contributed by atoms with Crippen molar-refractivity contribution in [2.45, 2.75) is 6.54 Å². The summed E-state index contributed by atoms with van der Waals surface area (Å²) < 4.78 is 6.72. The maximum atomic E-state index is 12.2. The molecule has 1 N–H and O–H groups in total. The molecule has 0 aliphatic carbocycles. The number of aromatic nitrogens is 2. The second-order valence-electron chi connectivity index (χ2n) is 4.42. The number of nitrogens with one attached hydrogen (secondary N) is 1. The molecule has 0 atom stereocenters. The van der Waals surface area contributed by atoms with Gasteiger partial charge in [0.25, 0.3) is 5.91 Å². The van der Waals surface area contributed by atoms with Gasteiger partial charge in [0.15, 0.2) is 0 Å². The summed E-state index contributed by atoms with van der Waals surface area (Å²) in [6.45, 7) is 0.572. The fraction of sp³-hybridized carbons (Fsp3) is 0.0667. The first-order chi connectivity index (χ1) is 10.2. The van der Waals surface area contributed by atoms with Crippen LogP contribution in [0.15, 0.2) is 59.5 Å². The third-order valence-electron chi connectivity index (χ3n) is 3.02. The van der Waals surface area contributed by atoms with E-state index in [9.17, 15) is 4.79 Å². The third kappa shape index (κ3) is 2.98. The van der Waals surface area contributed by atoms with Crippen molar-refractivity contribution in [3.05, 3.63) is 71.4 Å². The predicted octanol–water partition coefficient (Wildman–Crippen LogP) is 3.43. The van der Waals surface area contributed by atoms with Crippen LogP contribution in [-0.2, 0) is 6.54 Å². The number of anilines is 1. The Kier molecular flexibility index (Phi) is 3.75. The highest BCUT2D eigenvalue weighted by Gasteiger charge is 2.14. The number of amides is 1. The second-order valence-corrected chi connectivity index (χ2v) is 4.77. The number of benzene rings is 1. The molecule has 106 valence electrons. The summed E-state index contributed by atoms with van der Waals surface area (Å²) in [7, 11) is 0. The van der Waals surface area contributed by atoms with Crippen LogP contribution < -0.4 is 5.32 Å². The molecule has 3 rings (SSSR count). The molecule has 0 saturated heterocycles. The highest BCUT2D eigenvalue weighted by Crippen LogP contribution is 2.21. The number of carbonyl (C=O) groups excluding carboxylic acids is 1. The van der Waals surface area contributed by atoms with Crippen LogP contribution in [0.5, 0.6) is 0 Å². The van der Waals surface area contributed by atoms with Crippen LogP contribution in [0, 0.1) is 0 Å². The van der Waals surface area contributed by atoms with Crippen LogP contribution >= 0.6 is 11.6 Å². The maximum Gasteiger partial charge on any atom is 0.260 e. The lowest BCUT2D eigenvalue weighted by Crippen LogP contribution is -2.14. The molecule has 0 saturated carbocycles. The highest BCUT2D eigenvalue weighted by molar-refractivity contribution is 6.32. The molecule has 21 heavy (non-hydrogen) atoms. The van der Waals surface area contributed by atoms with E-state index in [4.69, 9.17) is 16.0 Å². The summed E-state index contributed by atoms with van der Waals surface area (Å²) in [5.74, 6) is -0.304. The molecular formula is C15H12ClN3O2. The summed E-state index contributed by atoms with van der Waals surface area (Å²) >= 11 is 5.81. The van der Waals surface area contributed by atoms with E-state index in [-0.39, 0.29) is 11.1 Å². The Hall–Kier alpha value is -2.53. The van der Waals surface area contributed by atoms with E-state index in [1.807, 2.05) is 36.5 Å². The number of nitrogens with zero attached hydrogens (tertiary/aromatic N) is 2. The molecule has 0 fully saturated rings. The van der Waals surface area contributed by atoms with E-state index in [1.165, 1.54) is 12.3 Å². The van der Waals surface area contributed by atoms with Crippen molar-refractivity contribution in [2.24, 2.45) is 0 Å². The quantitative estimate of drug-likeness (QED) is 0.803. The Labute approximate surface area is 126 Å². The molecule has 1 amide bonds. The number of furan rings is 1. The first-order valence-electron chi connectivity index (χ1n) is 6.34. The minimum Gasteiger partial charge on any atom is -0.452 e. The highest BCUT2D eigenvalue weighted by atomic mass is 35.5. The summed E-state index contributed by atoms with van der Waals surface area (Å²) in [6.07, 6.45) is 4.96. The molecule has 1 aromatic carbocycles. The molecule has 0 radical (unpaired) electrons. The van der Waals surface area contributed by atoms with Gasteiger partial charge in [-0.2, -0.15) is 5.10 Å². The Balaban J connectivity index is 1.82. The van der Waals surface area contributed by atoms with Gasteiger partial charge in [-0.3, -0.25) is 9.48 Å². The predicted molar refractivity (Wildman–Crippen MR) is 79.4 cm³/mol. The molecular weight excluding hydrogens is 290 g/mol. The van der Waals surface area contributed by atoms with Crippen molar-refractivity contribution >= 4 is 23.2 Å². The smallest absolute Gasteiger partial charge is 0.260 e. The van der Waals surface area contributed by atoms with Gasteiger partial charge in [0.05, 0.1) is 18.4 Å². The van der Waals surface area contributed by atoms with Crippen LogP contribution in [0.3, 0.4) is 0 Å². The van der Waals surface area contributed by atoms with E-state index in [0.717, 1.165) is 11.3 Å². The fourth-order valence-electron chi connectivity index (χ4n) is 1.99. The van der Waals surface area contributed by atoms with Gasteiger partial charge in [-0.15, -0.1) is 0 Å². The van der Waals surface area contributed by atoms with Crippen molar-refractivity contribution in [2.75, 3.05) is 5.32 Å². The van der Waals surface area contributed by atoms with E-state index in [1.54, 1.807) is 10.9 Å². The van der Waals surface area contributed by atoms with E-state index in [2.05, 4.69) is 10.4 Å². The zero-order valence-electron chi connectivity index (χ0n) is 11.0. The van der Waals surface area contributed by atoms with Gasteiger partial charge in [-0.25, -0.2) is 0 Å². The first-order valence-corrected chi connectivity index (χ1v) is 6.71. The van der Waals surface area contributed by atoms with Gasteiger partial charge < -0.3 is 9.73 Å². The van der Waals surface area contributed by atoms with Gasteiger partial charge in [-0.1, -0.05) is 18.2 Å². The van der Waals surface area contributed by atoms with Crippen molar-refractivity contribution in [1.82, 2.24) is 9.78 Å². The lowest BCUT2D eigenvalue weighted by Gasteiger charge is -2.10. The van der Waals surface area contributed by atoms with Gasteiger partial charge in [-0.05, 0) is 35.4 Å². The number of hydrogen-bond acceptors (Lipinski definition) is 3. The maximum absolute atomic E-state index is 12.2. The van der Waals surface area contributed by atoms with Gasteiger partial charge >= 0.3 is 0 Å². The standard InChI is InChI=1S/C15H12ClN3O2/c16-14-12(6-9-21-14)15(20)18-13-5-2-1-4-11(13)10-19-8-3-7-17-19/h1-9H,10H2,(H,18,20). The summed E-state index contributed by atoms with van der Waals surface area (Å²) in [4.78, 5) is 12.2. The molecule has 2 heterocycles. The van der Waals surface area contributed by atoms with Gasteiger partial charge in [0, 0.05) is 18.1 Å². The minimum absolute atomic E-state index is 0.0806. The average molecular weight is 302 g/mol. The lowest BCUT2D eigenvalue weighted by molar-refractivity contribution is 0.102. The number of rotatable bonds is 4. The van der Waals surface area contributed by atoms with Crippen LogP contribution in [0.25, 0.3) is 0 Å². The molecule has 2 aromatic heterocycles. The van der Waals surface area contributed by atoms with E-state index >= 15 is 0 Å². The lowest BCUT2D eigenvalue weighted by atomic mass is 10.1. The molecule has 5 nitrogen and oxygen atoms in total. The monoisotopic (exact) mass is 301 g/mol. The molecule has 0 spiro atoms. The van der Waals surface area contributed by atoms with Crippen LogP contribution in [0.1, 0.15) is 15.9 Å². The Bertz CT molecular complexity index is 750. The molecule has 0 aliphatic rings. The molecule has 0 unspecified atom stereocenters. The Morgan fingerprint density at radius 2 is 2.14 bits per heavy atom. The zero-order chi connectivity index (χ0) is 14.7. The van der Waals surface area contributed by atoms with E-state index in [0.29, 0.717) is 12.1 Å². The third-order valence-corrected chi connectivity index (χ3v) is 3.31. The van der Waals surface area contributed by atoms with Crippen LogP contribution in [0.4, 0.5) is 5.69 Å². The number of carbonyl (C=O) groups is 1. The summed E-state index contributed by atoms with van der Waals surface area (Å²) in [5.41, 5.74) is 1.98. The largest absolute Gasteiger partial charge is 0.452 e. The molecule has 3 aromatic rings. The first kappa shape index (κ1) is 13.5. The van der Waals surface area contributed by atoms with Crippen molar-refractivity contribution in [3.63, 3.8) is 0 Å². The number of hydrogen-bond donors (Lipinski definition) is 1. The van der Waals surface area contributed by atoms with Crippen LogP contribution in [-0.4, -0.2) is 15.7 Å².